The fourth-order valence-electron chi connectivity index (χ4n) is 2.51. The molecule has 0 spiro atoms. The number of nitrogens with zero attached hydrogens (tertiary/aromatic N) is 1. The van der Waals surface area contributed by atoms with Crippen molar-refractivity contribution in [2.45, 2.75) is 65.8 Å². The summed E-state index contributed by atoms with van der Waals surface area (Å²) in [6.07, 6.45) is 1.05. The van der Waals surface area contributed by atoms with Gasteiger partial charge in [0.1, 0.15) is 6.61 Å². The highest BCUT2D eigenvalue weighted by molar-refractivity contribution is 5.79. The molecule has 1 rings (SSSR count). The van der Waals surface area contributed by atoms with Gasteiger partial charge in [0.25, 0.3) is 0 Å². The maximum Gasteiger partial charge on any atom is 0.409 e. The zero-order chi connectivity index (χ0) is 22.4. The summed E-state index contributed by atoms with van der Waals surface area (Å²) in [6, 6.07) is 9.67. The molecule has 0 bridgehead atoms. The van der Waals surface area contributed by atoms with E-state index >= 15 is 0 Å². The van der Waals surface area contributed by atoms with E-state index in [0.717, 1.165) is 12.0 Å². The summed E-state index contributed by atoms with van der Waals surface area (Å²) < 4.78 is 22.0. The Kier molecular flexibility index (Phi) is 12.1. The number of hydrogen-bond acceptors (Lipinski definition) is 6. The average molecular weight is 424 g/mol. The monoisotopic (exact) mass is 423 g/mol. The molecule has 0 radical (unpaired) electrons. The second kappa shape index (κ2) is 14.0. The van der Waals surface area contributed by atoms with Crippen LogP contribution in [0.3, 0.4) is 0 Å². The van der Waals surface area contributed by atoms with Gasteiger partial charge in [-0.05, 0) is 39.2 Å². The van der Waals surface area contributed by atoms with Gasteiger partial charge in [-0.15, -0.1) is 0 Å². The van der Waals surface area contributed by atoms with E-state index < -0.39 is 17.7 Å². The van der Waals surface area contributed by atoms with Crippen LogP contribution in [0.1, 0.15) is 53.0 Å². The Labute approximate surface area is 180 Å². The summed E-state index contributed by atoms with van der Waals surface area (Å²) in [5.74, 6) is -0.444. The van der Waals surface area contributed by atoms with Crippen molar-refractivity contribution in [3.05, 3.63) is 35.9 Å². The van der Waals surface area contributed by atoms with Crippen molar-refractivity contribution in [2.75, 3.05) is 32.9 Å². The Morgan fingerprint density at radius 3 is 2.30 bits per heavy atom. The van der Waals surface area contributed by atoms with E-state index in [1.165, 1.54) is 4.90 Å². The third kappa shape index (κ3) is 9.13. The molecule has 2 unspecified atom stereocenters. The molecule has 2 atom stereocenters. The molecule has 170 valence electrons. The SMILES string of the molecule is CCOC(=O)N(CCOC(=O)C(C)(CC)OCc1ccccc1)CCOC(C)CC. The van der Waals surface area contributed by atoms with Crippen molar-refractivity contribution in [1.29, 1.82) is 0 Å². The minimum absolute atomic E-state index is 0.0608. The molecule has 0 aliphatic carbocycles. The van der Waals surface area contributed by atoms with Crippen molar-refractivity contribution >= 4 is 12.1 Å². The molecule has 0 aromatic heterocycles. The largest absolute Gasteiger partial charge is 0.462 e. The predicted molar refractivity (Wildman–Crippen MR) is 115 cm³/mol. The van der Waals surface area contributed by atoms with Crippen LogP contribution >= 0.6 is 0 Å². The van der Waals surface area contributed by atoms with Crippen LogP contribution in [0, 0.1) is 0 Å². The third-order valence-electron chi connectivity index (χ3n) is 4.97. The Morgan fingerprint density at radius 1 is 1.03 bits per heavy atom. The predicted octanol–water partition coefficient (Wildman–Crippen LogP) is 4.19. The van der Waals surface area contributed by atoms with E-state index in [2.05, 4.69) is 0 Å². The second-order valence-corrected chi connectivity index (χ2v) is 7.27. The summed E-state index contributed by atoms with van der Waals surface area (Å²) >= 11 is 0. The first-order valence-corrected chi connectivity index (χ1v) is 10.7. The highest BCUT2D eigenvalue weighted by Gasteiger charge is 2.34. The molecule has 0 saturated heterocycles. The lowest BCUT2D eigenvalue weighted by molar-refractivity contribution is -0.173. The number of hydrogen-bond donors (Lipinski definition) is 0. The van der Waals surface area contributed by atoms with Crippen LogP contribution < -0.4 is 0 Å². The topological polar surface area (TPSA) is 74.3 Å². The number of carbonyl (C=O) groups excluding carboxylic acids is 2. The van der Waals surface area contributed by atoms with Crippen LogP contribution in [0.4, 0.5) is 4.79 Å². The van der Waals surface area contributed by atoms with Gasteiger partial charge >= 0.3 is 12.1 Å². The van der Waals surface area contributed by atoms with Gasteiger partial charge in [0, 0.05) is 6.54 Å². The van der Waals surface area contributed by atoms with E-state index in [1.54, 1.807) is 13.8 Å². The molecule has 7 nitrogen and oxygen atoms in total. The zero-order valence-corrected chi connectivity index (χ0v) is 19.0. The molecule has 1 aromatic rings. The first-order valence-electron chi connectivity index (χ1n) is 10.7. The summed E-state index contributed by atoms with van der Waals surface area (Å²) in [4.78, 5) is 26.3. The molecule has 1 aromatic carbocycles. The Bertz CT molecular complexity index is 623. The summed E-state index contributed by atoms with van der Waals surface area (Å²) in [5.41, 5.74) is -0.0654. The number of carbonyl (C=O) groups is 2. The lowest BCUT2D eigenvalue weighted by atomic mass is 10.0. The van der Waals surface area contributed by atoms with Gasteiger partial charge in [-0.1, -0.05) is 44.2 Å². The maximum absolute atomic E-state index is 12.6. The Balaban J connectivity index is 2.54. The van der Waals surface area contributed by atoms with Gasteiger partial charge in [-0.3, -0.25) is 0 Å². The van der Waals surface area contributed by atoms with Crippen molar-refractivity contribution < 1.29 is 28.5 Å². The van der Waals surface area contributed by atoms with Crippen molar-refractivity contribution in [2.24, 2.45) is 0 Å². The van der Waals surface area contributed by atoms with Crippen LogP contribution in [0.25, 0.3) is 0 Å². The standard InChI is InChI=1S/C23H37NO6/c1-6-19(4)28-16-14-24(22(26)27-8-3)15-17-29-21(25)23(5,7-2)30-18-20-12-10-9-11-13-20/h9-13,19H,6-8,14-18H2,1-5H3. The van der Waals surface area contributed by atoms with Crippen molar-refractivity contribution in [3.63, 3.8) is 0 Å². The lowest BCUT2D eigenvalue weighted by Crippen LogP contribution is -2.42. The molecular weight excluding hydrogens is 386 g/mol. The molecule has 0 aliphatic heterocycles. The molecule has 7 heteroatoms. The fourth-order valence-corrected chi connectivity index (χ4v) is 2.51. The number of ether oxygens (including phenoxy) is 4. The van der Waals surface area contributed by atoms with Crippen LogP contribution in [0.2, 0.25) is 0 Å². The van der Waals surface area contributed by atoms with Gasteiger partial charge in [0.05, 0.1) is 32.5 Å². The number of esters is 1. The fraction of sp³-hybridized carbons (Fsp3) is 0.652. The number of rotatable bonds is 14. The summed E-state index contributed by atoms with van der Waals surface area (Å²) in [7, 11) is 0. The highest BCUT2D eigenvalue weighted by Crippen LogP contribution is 2.20. The molecule has 0 fully saturated rings. The normalized spacial score (nSPS) is 13.9. The van der Waals surface area contributed by atoms with E-state index in [9.17, 15) is 9.59 Å². The summed E-state index contributed by atoms with van der Waals surface area (Å²) in [5, 5.41) is 0. The molecule has 0 aliphatic rings. The van der Waals surface area contributed by atoms with Crippen LogP contribution in [0.5, 0.6) is 0 Å². The molecule has 0 saturated carbocycles. The third-order valence-corrected chi connectivity index (χ3v) is 4.97. The highest BCUT2D eigenvalue weighted by atomic mass is 16.6. The average Bonchev–Trinajstić information content (AvgIpc) is 2.76. The second-order valence-electron chi connectivity index (χ2n) is 7.27. The molecule has 1 amide bonds. The minimum Gasteiger partial charge on any atom is -0.462 e. The Morgan fingerprint density at radius 2 is 1.70 bits per heavy atom. The first kappa shape index (κ1) is 25.9. The van der Waals surface area contributed by atoms with Crippen molar-refractivity contribution in [1.82, 2.24) is 4.90 Å². The van der Waals surface area contributed by atoms with Gasteiger partial charge in [0.15, 0.2) is 5.60 Å². The molecule has 0 N–H and O–H groups in total. The molecule has 0 heterocycles. The van der Waals surface area contributed by atoms with Gasteiger partial charge in [-0.25, -0.2) is 9.59 Å². The van der Waals surface area contributed by atoms with Crippen LogP contribution in [0.15, 0.2) is 30.3 Å². The zero-order valence-electron chi connectivity index (χ0n) is 19.0. The van der Waals surface area contributed by atoms with Gasteiger partial charge in [0.2, 0.25) is 0 Å². The molecule has 30 heavy (non-hydrogen) atoms. The van der Waals surface area contributed by atoms with E-state index in [1.807, 2.05) is 51.1 Å². The van der Waals surface area contributed by atoms with E-state index in [0.29, 0.717) is 26.2 Å². The summed E-state index contributed by atoms with van der Waals surface area (Å²) in [6.45, 7) is 11.0. The maximum atomic E-state index is 12.6. The van der Waals surface area contributed by atoms with Gasteiger partial charge in [-0.2, -0.15) is 0 Å². The first-order chi connectivity index (χ1) is 14.4. The van der Waals surface area contributed by atoms with Crippen LogP contribution in [-0.4, -0.2) is 61.6 Å². The number of benzene rings is 1. The number of amides is 1. The van der Waals surface area contributed by atoms with Gasteiger partial charge < -0.3 is 23.8 Å². The van der Waals surface area contributed by atoms with Crippen molar-refractivity contribution in [3.8, 4) is 0 Å². The quantitative estimate of drug-likeness (QED) is 0.418. The lowest BCUT2D eigenvalue weighted by Gasteiger charge is -2.27. The van der Waals surface area contributed by atoms with Crippen LogP contribution in [-0.2, 0) is 30.3 Å². The van der Waals surface area contributed by atoms with E-state index in [4.69, 9.17) is 18.9 Å². The Hall–Kier alpha value is -2.12. The minimum atomic E-state index is -1.05. The van der Waals surface area contributed by atoms with E-state index in [-0.39, 0.29) is 25.9 Å². The molecular formula is C23H37NO6. The smallest absolute Gasteiger partial charge is 0.409 e.